The van der Waals surface area contributed by atoms with E-state index in [1.165, 1.54) is 10.8 Å². The van der Waals surface area contributed by atoms with Gasteiger partial charge in [0.1, 0.15) is 0 Å². The maximum atomic E-state index is 10.3. The summed E-state index contributed by atoms with van der Waals surface area (Å²) in [5, 5.41) is 33.8. The number of benzene rings is 7. The van der Waals surface area contributed by atoms with Crippen LogP contribution in [-0.4, -0.2) is 9.13 Å². The van der Waals surface area contributed by atoms with Gasteiger partial charge in [0.25, 0.3) is 0 Å². The largest absolute Gasteiger partial charge is 0.309 e. The molecule has 0 radical (unpaired) electrons. The molecule has 0 fully saturated rings. The summed E-state index contributed by atoms with van der Waals surface area (Å²) in [7, 11) is 0. The van der Waals surface area contributed by atoms with Gasteiger partial charge in [-0.3, -0.25) is 0 Å². The molecular formula is C45H25N5. The number of nitriles is 3. The minimum absolute atomic E-state index is 0.558. The number of aromatic nitrogens is 2. The van der Waals surface area contributed by atoms with E-state index in [4.69, 9.17) is 0 Å². The first kappa shape index (κ1) is 28.8. The molecule has 0 spiro atoms. The molecule has 0 amide bonds. The van der Waals surface area contributed by atoms with Gasteiger partial charge in [-0.2, -0.15) is 15.8 Å². The first-order valence-electron chi connectivity index (χ1n) is 16.3. The summed E-state index contributed by atoms with van der Waals surface area (Å²) in [6.07, 6.45) is 0. The third-order valence-corrected chi connectivity index (χ3v) is 9.66. The molecule has 2 aromatic heterocycles. The minimum atomic E-state index is 0.558. The van der Waals surface area contributed by atoms with E-state index in [9.17, 15) is 15.8 Å². The highest BCUT2D eigenvalue weighted by Gasteiger charge is 2.19. The van der Waals surface area contributed by atoms with Crippen LogP contribution in [0.5, 0.6) is 0 Å². The van der Waals surface area contributed by atoms with Crippen LogP contribution in [0.4, 0.5) is 0 Å². The van der Waals surface area contributed by atoms with E-state index in [0.717, 1.165) is 66.5 Å². The lowest BCUT2D eigenvalue weighted by Crippen LogP contribution is -1.99. The van der Waals surface area contributed by atoms with Crippen molar-refractivity contribution in [1.29, 1.82) is 15.8 Å². The summed E-state index contributed by atoms with van der Waals surface area (Å²) in [4.78, 5) is 0. The standard InChI is InChI=1S/C45H25N5/c46-26-29-15-24-41-38(25-29)45-34(28-48)8-6-14-43(45)49(41)35-22-20-31(21-23-35)30-16-18-32(19-17-30)44-33(27-47)7-5-13-42(44)50-39-11-3-1-9-36(39)37-10-2-4-12-40(37)50/h1-25H. The summed E-state index contributed by atoms with van der Waals surface area (Å²) in [5.41, 5.74) is 11.7. The lowest BCUT2D eigenvalue weighted by molar-refractivity contribution is 1.18. The molecule has 50 heavy (non-hydrogen) atoms. The second kappa shape index (κ2) is 11.4. The van der Waals surface area contributed by atoms with Crippen LogP contribution >= 0.6 is 0 Å². The fraction of sp³-hybridized carbons (Fsp3) is 0. The summed E-state index contributed by atoms with van der Waals surface area (Å²) in [6, 6.07) is 57.9. The summed E-state index contributed by atoms with van der Waals surface area (Å²) in [6.45, 7) is 0. The van der Waals surface area contributed by atoms with Crippen molar-refractivity contribution in [3.8, 4) is 51.8 Å². The van der Waals surface area contributed by atoms with Crippen LogP contribution in [0, 0.1) is 34.0 Å². The second-order valence-electron chi connectivity index (χ2n) is 12.3. The Hall–Kier alpha value is -7.39. The van der Waals surface area contributed by atoms with Gasteiger partial charge >= 0.3 is 0 Å². The number of para-hydroxylation sites is 2. The molecule has 0 unspecified atom stereocenters. The zero-order valence-electron chi connectivity index (χ0n) is 26.7. The van der Waals surface area contributed by atoms with Crippen molar-refractivity contribution in [2.24, 2.45) is 0 Å². The van der Waals surface area contributed by atoms with E-state index < -0.39 is 0 Å². The quantitative estimate of drug-likeness (QED) is 0.193. The number of rotatable bonds is 4. The highest BCUT2D eigenvalue weighted by molar-refractivity contribution is 6.12. The Morgan fingerprint density at radius 2 is 0.960 bits per heavy atom. The van der Waals surface area contributed by atoms with E-state index >= 15 is 0 Å². The Morgan fingerprint density at radius 3 is 1.62 bits per heavy atom. The van der Waals surface area contributed by atoms with Gasteiger partial charge in [-0.05, 0) is 83.4 Å². The van der Waals surface area contributed by atoms with Crippen LogP contribution in [0.25, 0.3) is 77.2 Å². The van der Waals surface area contributed by atoms with E-state index in [0.29, 0.717) is 16.7 Å². The summed E-state index contributed by atoms with van der Waals surface area (Å²) >= 11 is 0. The van der Waals surface area contributed by atoms with Crippen LogP contribution in [0.2, 0.25) is 0 Å². The average molecular weight is 636 g/mol. The normalized spacial score (nSPS) is 11.1. The zero-order chi connectivity index (χ0) is 33.8. The molecule has 9 rings (SSSR count). The molecule has 5 nitrogen and oxygen atoms in total. The third-order valence-electron chi connectivity index (χ3n) is 9.66. The molecule has 0 saturated heterocycles. The Kier molecular flexibility index (Phi) is 6.56. The van der Waals surface area contributed by atoms with Gasteiger partial charge in [0.2, 0.25) is 0 Å². The molecule has 7 aromatic carbocycles. The maximum Gasteiger partial charge on any atom is 0.0998 e. The third kappa shape index (κ3) is 4.31. The molecule has 230 valence electrons. The first-order chi connectivity index (χ1) is 24.7. The monoisotopic (exact) mass is 635 g/mol. The highest BCUT2D eigenvalue weighted by atomic mass is 15.0. The van der Waals surface area contributed by atoms with Crippen molar-refractivity contribution in [2.45, 2.75) is 0 Å². The average Bonchev–Trinajstić information content (AvgIpc) is 3.70. The predicted molar refractivity (Wildman–Crippen MR) is 200 cm³/mol. The second-order valence-corrected chi connectivity index (χ2v) is 12.3. The molecule has 0 aliphatic carbocycles. The van der Waals surface area contributed by atoms with Crippen molar-refractivity contribution >= 4 is 43.6 Å². The van der Waals surface area contributed by atoms with Crippen LogP contribution < -0.4 is 0 Å². The van der Waals surface area contributed by atoms with E-state index in [-0.39, 0.29) is 0 Å². The fourth-order valence-electron chi connectivity index (χ4n) is 7.45. The Morgan fingerprint density at radius 1 is 0.400 bits per heavy atom. The summed E-state index contributed by atoms with van der Waals surface area (Å²) < 4.78 is 4.41. The number of hydrogen-bond donors (Lipinski definition) is 0. The highest BCUT2D eigenvalue weighted by Crippen LogP contribution is 2.39. The van der Waals surface area contributed by atoms with Gasteiger partial charge < -0.3 is 9.13 Å². The molecule has 0 aliphatic rings. The van der Waals surface area contributed by atoms with E-state index in [2.05, 4.69) is 130 Å². The Labute approximate surface area is 287 Å². The first-order valence-corrected chi connectivity index (χ1v) is 16.3. The topological polar surface area (TPSA) is 81.2 Å². The van der Waals surface area contributed by atoms with Crippen LogP contribution in [0.1, 0.15) is 16.7 Å². The van der Waals surface area contributed by atoms with Crippen molar-refractivity contribution < 1.29 is 0 Å². The van der Waals surface area contributed by atoms with E-state index in [1.54, 1.807) is 0 Å². The van der Waals surface area contributed by atoms with Gasteiger partial charge in [0.05, 0.1) is 62.7 Å². The van der Waals surface area contributed by atoms with Crippen molar-refractivity contribution in [2.75, 3.05) is 0 Å². The molecule has 5 heteroatoms. The van der Waals surface area contributed by atoms with Crippen LogP contribution in [-0.2, 0) is 0 Å². The van der Waals surface area contributed by atoms with Crippen molar-refractivity contribution in [3.63, 3.8) is 0 Å². The van der Waals surface area contributed by atoms with Gasteiger partial charge in [-0.25, -0.2) is 0 Å². The molecule has 0 atom stereocenters. The summed E-state index contributed by atoms with van der Waals surface area (Å²) in [5.74, 6) is 0. The predicted octanol–water partition coefficient (Wildman–Crippen LogP) is 10.8. The van der Waals surface area contributed by atoms with Gasteiger partial charge in [0.15, 0.2) is 0 Å². The van der Waals surface area contributed by atoms with Crippen LogP contribution in [0.15, 0.2) is 152 Å². The zero-order valence-corrected chi connectivity index (χ0v) is 26.7. The van der Waals surface area contributed by atoms with Gasteiger partial charge in [0, 0.05) is 32.8 Å². The smallest absolute Gasteiger partial charge is 0.0998 e. The molecule has 0 aliphatic heterocycles. The minimum Gasteiger partial charge on any atom is -0.309 e. The number of hydrogen-bond acceptors (Lipinski definition) is 3. The van der Waals surface area contributed by atoms with E-state index in [1.807, 2.05) is 48.5 Å². The molecular weight excluding hydrogens is 611 g/mol. The Bertz CT molecular complexity index is 2890. The maximum absolute atomic E-state index is 10.3. The molecule has 2 heterocycles. The van der Waals surface area contributed by atoms with Crippen molar-refractivity contribution in [1.82, 2.24) is 9.13 Å². The number of nitrogens with zero attached hydrogens (tertiary/aromatic N) is 5. The van der Waals surface area contributed by atoms with Crippen molar-refractivity contribution in [3.05, 3.63) is 168 Å². The molecule has 0 N–H and O–H groups in total. The number of fused-ring (bicyclic) bond motifs is 6. The van der Waals surface area contributed by atoms with Gasteiger partial charge in [-0.15, -0.1) is 0 Å². The molecule has 0 bridgehead atoms. The lowest BCUT2D eigenvalue weighted by Gasteiger charge is -2.16. The molecule has 9 aromatic rings. The fourth-order valence-corrected chi connectivity index (χ4v) is 7.45. The van der Waals surface area contributed by atoms with Crippen LogP contribution in [0.3, 0.4) is 0 Å². The SMILES string of the molecule is N#Cc1ccc2c(c1)c1c(C#N)cccc1n2-c1ccc(-c2ccc(-c3c(C#N)cccc3-n3c4ccccc4c4ccccc43)cc2)cc1. The Balaban J connectivity index is 1.13. The molecule has 0 saturated carbocycles. The lowest BCUT2D eigenvalue weighted by atomic mass is 9.95. The van der Waals surface area contributed by atoms with Gasteiger partial charge in [-0.1, -0.05) is 84.9 Å².